The molecule has 3 aliphatic rings. The first-order valence-electron chi connectivity index (χ1n) is 18.0. The van der Waals surface area contributed by atoms with Crippen molar-refractivity contribution in [1.29, 1.82) is 0 Å². The van der Waals surface area contributed by atoms with Gasteiger partial charge in [0, 0.05) is 39.0 Å². The van der Waals surface area contributed by atoms with Crippen LogP contribution in [0.1, 0.15) is 99.3 Å². The molecule has 11 heteroatoms. The van der Waals surface area contributed by atoms with Gasteiger partial charge in [0.2, 0.25) is 23.5 Å². The molecule has 1 unspecified atom stereocenters. The van der Waals surface area contributed by atoms with Crippen LogP contribution in [0.5, 0.6) is 0 Å². The van der Waals surface area contributed by atoms with Crippen molar-refractivity contribution in [2.45, 2.75) is 123 Å². The van der Waals surface area contributed by atoms with Gasteiger partial charge in [-0.1, -0.05) is 60.6 Å². The third-order valence-electron chi connectivity index (χ3n) is 10.7. The minimum Gasteiger partial charge on any atom is -0.367 e. The first kappa shape index (κ1) is 39.6. The van der Waals surface area contributed by atoms with E-state index < -0.39 is 41.1 Å². The Morgan fingerprint density at radius 3 is 2.39 bits per heavy atom. The molecule has 2 aliphatic heterocycles. The van der Waals surface area contributed by atoms with Crippen LogP contribution >= 0.6 is 0 Å². The van der Waals surface area contributed by atoms with E-state index in [-0.39, 0.29) is 54.5 Å². The van der Waals surface area contributed by atoms with E-state index in [9.17, 15) is 24.0 Å². The molecule has 0 aromatic heterocycles. The molecule has 6 atom stereocenters. The Bertz CT molecular complexity index is 1300. The Morgan fingerprint density at radius 2 is 1.78 bits per heavy atom. The van der Waals surface area contributed by atoms with Gasteiger partial charge in [-0.3, -0.25) is 24.0 Å². The Kier molecular flexibility index (Phi) is 13.9. The highest BCUT2D eigenvalue weighted by atomic mass is 16.2. The van der Waals surface area contributed by atoms with Crippen LogP contribution in [-0.2, 0) is 24.0 Å². The maximum atomic E-state index is 14.6. The van der Waals surface area contributed by atoms with Crippen molar-refractivity contribution < 1.29 is 24.0 Å². The number of terminal acetylenes is 1. The van der Waals surface area contributed by atoms with E-state index in [1.54, 1.807) is 4.90 Å². The van der Waals surface area contributed by atoms with Gasteiger partial charge in [-0.25, -0.2) is 0 Å². The summed E-state index contributed by atoms with van der Waals surface area (Å²) in [5.41, 5.74) is -0.733. The number of rotatable bonds is 17. The topological polar surface area (TPSA) is 140 Å². The van der Waals surface area contributed by atoms with E-state index in [0.717, 1.165) is 45.1 Å². The Labute approximate surface area is 293 Å². The molecule has 3 fully saturated rings. The van der Waals surface area contributed by atoms with E-state index >= 15 is 0 Å². The van der Waals surface area contributed by atoms with Crippen LogP contribution in [0, 0.1) is 35.0 Å². The van der Waals surface area contributed by atoms with E-state index in [1.807, 2.05) is 25.7 Å². The van der Waals surface area contributed by atoms with Crippen LogP contribution in [0.25, 0.3) is 0 Å². The number of ketones is 1. The monoisotopic (exact) mass is 680 g/mol. The summed E-state index contributed by atoms with van der Waals surface area (Å²) in [6.07, 6.45) is 13.2. The zero-order valence-electron chi connectivity index (χ0n) is 30.7. The Morgan fingerprint density at radius 1 is 1.06 bits per heavy atom. The van der Waals surface area contributed by atoms with Crippen molar-refractivity contribution in [3.8, 4) is 12.3 Å². The van der Waals surface area contributed by atoms with Gasteiger partial charge >= 0.3 is 0 Å². The minimum atomic E-state index is -1.11. The molecule has 1 saturated carbocycles. The van der Waals surface area contributed by atoms with Crippen molar-refractivity contribution in [1.82, 2.24) is 31.1 Å². The highest BCUT2D eigenvalue weighted by Crippen LogP contribution is 2.43. The molecule has 49 heavy (non-hydrogen) atoms. The molecule has 0 spiro atoms. The molecule has 2 saturated heterocycles. The molecule has 3 rings (SSSR count). The van der Waals surface area contributed by atoms with Crippen LogP contribution in [0.4, 0.5) is 0 Å². The number of fused-ring (bicyclic) bond motifs is 1. The number of amides is 4. The van der Waals surface area contributed by atoms with Crippen molar-refractivity contribution in [2.24, 2.45) is 22.7 Å². The number of hydrogen-bond donors (Lipinski definition) is 4. The van der Waals surface area contributed by atoms with Crippen LogP contribution < -0.4 is 21.3 Å². The predicted molar refractivity (Wildman–Crippen MR) is 191 cm³/mol. The molecule has 272 valence electrons. The number of hydrogen-bond acceptors (Lipinski definition) is 7. The second-order valence-corrected chi connectivity index (χ2v) is 15.7. The second kappa shape index (κ2) is 17.2. The van der Waals surface area contributed by atoms with Gasteiger partial charge < -0.3 is 31.1 Å². The van der Waals surface area contributed by atoms with Gasteiger partial charge in [0.05, 0.1) is 17.9 Å². The summed E-state index contributed by atoms with van der Waals surface area (Å²) in [5.74, 6) is 0.960. The largest absolute Gasteiger partial charge is 0.367 e. The average Bonchev–Trinajstić information content (AvgIpc) is 3.65. The van der Waals surface area contributed by atoms with E-state index in [1.165, 1.54) is 6.08 Å². The van der Waals surface area contributed by atoms with Crippen LogP contribution in [0.2, 0.25) is 0 Å². The van der Waals surface area contributed by atoms with Gasteiger partial charge in [-0.2, -0.15) is 0 Å². The summed E-state index contributed by atoms with van der Waals surface area (Å²) in [4.78, 5) is 70.6. The lowest BCUT2D eigenvalue weighted by Gasteiger charge is -2.41. The fourth-order valence-corrected chi connectivity index (χ4v) is 7.28. The van der Waals surface area contributed by atoms with Crippen LogP contribution in [0.3, 0.4) is 0 Å². The zero-order chi connectivity index (χ0) is 36.5. The Balaban J connectivity index is 1.84. The molecule has 0 aromatic carbocycles. The van der Waals surface area contributed by atoms with Gasteiger partial charge in [-0.05, 0) is 61.2 Å². The quantitative estimate of drug-likeness (QED) is 0.105. The highest BCUT2D eigenvalue weighted by Gasteiger charge is 2.52. The standard InChI is InChI=1S/C38H60N6O5/c1-10-13-19-28(32(46)35(48)39-21-11-2)42-34(47)31-27-18-16-17-26(27)23-44(31)36(49)33(37(5,6)7)41-25(4)40-29(38(8,9)12-3)24-43-22-15-14-20-30(43)45/h1,11,26-29,31,33,40-41H,2,4,12-24H2,3,5-9H3,(H,39,48)(H,42,47)/t26-,27-,28?,29+,31-,33+/m0/s1. The Hall–Kier alpha value is -3.81. The lowest BCUT2D eigenvalue weighted by molar-refractivity contribution is -0.144. The van der Waals surface area contributed by atoms with Gasteiger partial charge in [0.25, 0.3) is 5.91 Å². The average molecular weight is 681 g/mol. The van der Waals surface area contributed by atoms with Crippen LogP contribution in [-0.4, -0.2) is 89.6 Å². The van der Waals surface area contributed by atoms with E-state index in [4.69, 9.17) is 6.42 Å². The summed E-state index contributed by atoms with van der Waals surface area (Å²) < 4.78 is 0. The number of nitrogens with zero attached hydrogens (tertiary/aromatic N) is 2. The molecular formula is C38H60N6O5. The molecule has 0 bridgehead atoms. The molecule has 2 heterocycles. The number of carbonyl (C=O) groups excluding carboxylic acids is 5. The molecule has 4 amide bonds. The van der Waals surface area contributed by atoms with Crippen molar-refractivity contribution >= 4 is 29.4 Å². The number of carbonyl (C=O) groups is 5. The lowest BCUT2D eigenvalue weighted by Crippen LogP contribution is -2.60. The van der Waals surface area contributed by atoms with E-state index in [0.29, 0.717) is 25.3 Å². The first-order valence-corrected chi connectivity index (χ1v) is 18.0. The summed E-state index contributed by atoms with van der Waals surface area (Å²) in [6, 6.07) is -2.74. The summed E-state index contributed by atoms with van der Waals surface area (Å²) in [7, 11) is 0. The molecule has 11 nitrogen and oxygen atoms in total. The number of likely N-dealkylation sites (tertiary alicyclic amines) is 2. The van der Waals surface area contributed by atoms with E-state index in [2.05, 4.69) is 61.1 Å². The number of Topliss-reactive ketones (excluding diaryl/α,β-unsaturated/α-hetero) is 1. The molecule has 1 aliphatic carbocycles. The molecule has 0 aromatic rings. The SMILES string of the molecule is C#CCCC(NC(=O)[C@@H]1[C@H]2CCC[C@H]2CN1C(=O)[C@@H](NC(=C)N[C@H](CN1CCCCC1=O)C(C)(C)CC)C(C)(C)C)C(=O)C(=O)NCC=C. The van der Waals surface area contributed by atoms with Crippen molar-refractivity contribution in [3.63, 3.8) is 0 Å². The second-order valence-electron chi connectivity index (χ2n) is 15.7. The number of nitrogens with one attached hydrogen (secondary N) is 4. The fourth-order valence-electron chi connectivity index (χ4n) is 7.28. The summed E-state index contributed by atoms with van der Waals surface area (Å²) in [6.45, 7) is 22.0. The first-order chi connectivity index (χ1) is 23.0. The van der Waals surface area contributed by atoms with Crippen molar-refractivity contribution in [3.05, 3.63) is 25.1 Å². The summed E-state index contributed by atoms with van der Waals surface area (Å²) in [5, 5.41) is 12.2. The van der Waals surface area contributed by atoms with Crippen LogP contribution in [0.15, 0.2) is 25.1 Å². The van der Waals surface area contributed by atoms with Gasteiger partial charge in [-0.15, -0.1) is 18.9 Å². The minimum absolute atomic E-state index is 0.0549. The third-order valence-corrected chi connectivity index (χ3v) is 10.7. The molecule has 4 N–H and O–H groups in total. The normalized spacial score (nSPS) is 22.6. The number of piperidine rings is 1. The van der Waals surface area contributed by atoms with Gasteiger partial charge in [0.15, 0.2) is 0 Å². The van der Waals surface area contributed by atoms with Gasteiger partial charge in [0.1, 0.15) is 12.1 Å². The lowest BCUT2D eigenvalue weighted by atomic mass is 9.81. The predicted octanol–water partition coefficient (Wildman–Crippen LogP) is 3.27. The maximum Gasteiger partial charge on any atom is 0.289 e. The fraction of sp³-hybridized carbons (Fsp3) is 0.711. The third kappa shape index (κ3) is 10.1. The molecular weight excluding hydrogens is 620 g/mol. The smallest absolute Gasteiger partial charge is 0.289 e. The zero-order valence-corrected chi connectivity index (χ0v) is 30.7. The highest BCUT2D eigenvalue weighted by molar-refractivity contribution is 6.38. The molecule has 0 radical (unpaired) electrons. The van der Waals surface area contributed by atoms with Crippen molar-refractivity contribution in [2.75, 3.05) is 26.2 Å². The maximum absolute atomic E-state index is 14.6. The summed E-state index contributed by atoms with van der Waals surface area (Å²) >= 11 is 0.